The Hall–Kier alpha value is -2.17. The van der Waals surface area contributed by atoms with E-state index in [2.05, 4.69) is 28.8 Å². The van der Waals surface area contributed by atoms with Gasteiger partial charge in [-0.15, -0.1) is 0 Å². The molecule has 100 valence electrons. The second-order valence-corrected chi connectivity index (χ2v) is 4.95. The maximum absolute atomic E-state index is 10.6. The van der Waals surface area contributed by atoms with Crippen molar-refractivity contribution >= 4 is 23.1 Å². The first-order chi connectivity index (χ1) is 8.97. The minimum Gasteiger partial charge on any atom is -0.478 e. The number of carbonyl (C=O) groups is 1. The molecule has 0 saturated heterocycles. The molecule has 5 nitrogen and oxygen atoms in total. The zero-order chi connectivity index (χ0) is 14.0. The molecule has 0 aliphatic carbocycles. The predicted molar refractivity (Wildman–Crippen MR) is 73.8 cm³/mol. The third-order valence-corrected chi connectivity index (χ3v) is 2.76. The molecule has 2 aromatic rings. The monoisotopic (exact) mass is 259 g/mol. The van der Waals surface area contributed by atoms with E-state index in [-0.39, 0.29) is 0 Å². The third-order valence-electron chi connectivity index (χ3n) is 2.76. The van der Waals surface area contributed by atoms with Gasteiger partial charge in [-0.2, -0.15) is 0 Å². The normalized spacial score (nSPS) is 11.8. The van der Waals surface area contributed by atoms with E-state index in [9.17, 15) is 4.79 Å². The standard InChI is InChI=1S/C14H17N3O2/c1-8(2)6-11-13-10(4-5-12(18)19)7-15-14(13)17-9(3)16-11/h4-5,7-8H,6H2,1-3H3,(H,18,19)(H,15,16,17)/b5-4+. The zero-order valence-electron chi connectivity index (χ0n) is 11.3. The van der Waals surface area contributed by atoms with Gasteiger partial charge in [0.05, 0.1) is 5.69 Å². The molecule has 2 heterocycles. The maximum Gasteiger partial charge on any atom is 0.328 e. The molecule has 0 saturated carbocycles. The van der Waals surface area contributed by atoms with E-state index < -0.39 is 5.97 Å². The van der Waals surface area contributed by atoms with Gasteiger partial charge in [-0.25, -0.2) is 14.8 Å². The number of carboxylic acid groups (broad SMARTS) is 1. The number of aromatic nitrogens is 3. The Kier molecular flexibility index (Phi) is 3.64. The summed E-state index contributed by atoms with van der Waals surface area (Å²) in [6.07, 6.45) is 5.30. The fourth-order valence-corrected chi connectivity index (χ4v) is 2.08. The van der Waals surface area contributed by atoms with Crippen molar-refractivity contribution < 1.29 is 9.90 Å². The van der Waals surface area contributed by atoms with Crippen molar-refractivity contribution in [3.05, 3.63) is 29.4 Å². The van der Waals surface area contributed by atoms with Crippen LogP contribution in [0.25, 0.3) is 17.1 Å². The van der Waals surface area contributed by atoms with Crippen LogP contribution in [0.3, 0.4) is 0 Å². The molecule has 0 aromatic carbocycles. The molecule has 0 fully saturated rings. The summed E-state index contributed by atoms with van der Waals surface area (Å²) in [6.45, 7) is 6.11. The van der Waals surface area contributed by atoms with Crippen LogP contribution in [-0.2, 0) is 11.2 Å². The molecule has 0 spiro atoms. The molecule has 2 aromatic heterocycles. The van der Waals surface area contributed by atoms with Crippen molar-refractivity contribution in [3.8, 4) is 0 Å². The number of hydrogen-bond donors (Lipinski definition) is 2. The number of nitrogens with one attached hydrogen (secondary N) is 1. The number of hydrogen-bond acceptors (Lipinski definition) is 3. The lowest BCUT2D eigenvalue weighted by atomic mass is 10.0. The van der Waals surface area contributed by atoms with Gasteiger partial charge in [0, 0.05) is 23.2 Å². The second-order valence-electron chi connectivity index (χ2n) is 4.95. The Morgan fingerprint density at radius 2 is 2.21 bits per heavy atom. The molecule has 0 amide bonds. The first-order valence-corrected chi connectivity index (χ1v) is 6.23. The van der Waals surface area contributed by atoms with Crippen LogP contribution in [-0.4, -0.2) is 26.0 Å². The maximum atomic E-state index is 10.6. The van der Waals surface area contributed by atoms with Crippen LogP contribution in [0.5, 0.6) is 0 Å². The number of aromatic amines is 1. The van der Waals surface area contributed by atoms with Crippen LogP contribution in [0.15, 0.2) is 12.3 Å². The van der Waals surface area contributed by atoms with E-state index in [0.29, 0.717) is 5.92 Å². The van der Waals surface area contributed by atoms with Gasteiger partial charge in [-0.3, -0.25) is 0 Å². The van der Waals surface area contributed by atoms with Crippen LogP contribution >= 0.6 is 0 Å². The third kappa shape index (κ3) is 2.99. The van der Waals surface area contributed by atoms with E-state index >= 15 is 0 Å². The average Bonchev–Trinajstić information content (AvgIpc) is 2.68. The number of carboxylic acids is 1. The van der Waals surface area contributed by atoms with Gasteiger partial charge < -0.3 is 10.1 Å². The molecular formula is C14H17N3O2. The van der Waals surface area contributed by atoms with Gasteiger partial charge in [-0.1, -0.05) is 13.8 Å². The van der Waals surface area contributed by atoms with Crippen molar-refractivity contribution in [2.45, 2.75) is 27.2 Å². The molecule has 0 aliphatic rings. The number of aliphatic carboxylic acids is 1. The molecule has 0 radical (unpaired) electrons. The first kappa shape index (κ1) is 13.3. The number of H-pyrrole nitrogens is 1. The topological polar surface area (TPSA) is 78.9 Å². The van der Waals surface area contributed by atoms with Gasteiger partial charge in [0.2, 0.25) is 0 Å². The Morgan fingerprint density at radius 3 is 2.84 bits per heavy atom. The summed E-state index contributed by atoms with van der Waals surface area (Å²) in [6, 6.07) is 0. The van der Waals surface area contributed by atoms with Crippen molar-refractivity contribution in [2.24, 2.45) is 5.92 Å². The number of fused-ring (bicyclic) bond motifs is 1. The Labute approximate surface area is 111 Å². The van der Waals surface area contributed by atoms with E-state index in [1.165, 1.54) is 0 Å². The summed E-state index contributed by atoms with van der Waals surface area (Å²) in [4.78, 5) is 22.5. The summed E-state index contributed by atoms with van der Waals surface area (Å²) >= 11 is 0. The van der Waals surface area contributed by atoms with Gasteiger partial charge in [-0.05, 0) is 25.3 Å². The van der Waals surface area contributed by atoms with Crippen molar-refractivity contribution in [2.75, 3.05) is 0 Å². The largest absolute Gasteiger partial charge is 0.478 e. The summed E-state index contributed by atoms with van der Waals surface area (Å²) in [5.41, 5.74) is 2.53. The molecule has 2 rings (SSSR count). The summed E-state index contributed by atoms with van der Waals surface area (Å²) in [5.74, 6) is 0.232. The molecule has 2 N–H and O–H groups in total. The number of rotatable bonds is 4. The molecule has 0 aliphatic heterocycles. The van der Waals surface area contributed by atoms with Crippen molar-refractivity contribution in [3.63, 3.8) is 0 Å². The SMILES string of the molecule is Cc1nc(CC(C)C)c2c(/C=C/C(=O)O)c[nH]c2n1. The van der Waals surface area contributed by atoms with E-state index in [4.69, 9.17) is 5.11 Å². The summed E-state index contributed by atoms with van der Waals surface area (Å²) in [7, 11) is 0. The first-order valence-electron chi connectivity index (χ1n) is 6.23. The summed E-state index contributed by atoms with van der Waals surface area (Å²) < 4.78 is 0. The van der Waals surface area contributed by atoms with E-state index in [1.54, 1.807) is 12.3 Å². The number of aryl methyl sites for hydroxylation is 1. The molecule has 0 bridgehead atoms. The van der Waals surface area contributed by atoms with Gasteiger partial charge in [0.1, 0.15) is 11.5 Å². The quantitative estimate of drug-likeness (QED) is 0.827. The smallest absolute Gasteiger partial charge is 0.328 e. The lowest BCUT2D eigenvalue weighted by molar-refractivity contribution is -0.131. The molecule has 0 unspecified atom stereocenters. The molecule has 19 heavy (non-hydrogen) atoms. The summed E-state index contributed by atoms with van der Waals surface area (Å²) in [5, 5.41) is 9.63. The van der Waals surface area contributed by atoms with Gasteiger partial charge in [0.15, 0.2) is 0 Å². The highest BCUT2D eigenvalue weighted by Crippen LogP contribution is 2.23. The molecule has 0 atom stereocenters. The van der Waals surface area contributed by atoms with Crippen LogP contribution in [0.4, 0.5) is 0 Å². The van der Waals surface area contributed by atoms with Crippen LogP contribution in [0, 0.1) is 12.8 Å². The minimum absolute atomic E-state index is 0.476. The van der Waals surface area contributed by atoms with Gasteiger partial charge in [0.25, 0.3) is 0 Å². The highest BCUT2D eigenvalue weighted by molar-refractivity contribution is 5.93. The van der Waals surface area contributed by atoms with Gasteiger partial charge >= 0.3 is 5.97 Å². The Morgan fingerprint density at radius 1 is 1.47 bits per heavy atom. The highest BCUT2D eigenvalue weighted by Gasteiger charge is 2.12. The number of nitrogens with zero attached hydrogens (tertiary/aromatic N) is 2. The van der Waals surface area contributed by atoms with E-state index in [1.807, 2.05) is 6.92 Å². The average molecular weight is 259 g/mol. The van der Waals surface area contributed by atoms with Crippen LogP contribution in [0.1, 0.15) is 30.9 Å². The second kappa shape index (κ2) is 5.22. The minimum atomic E-state index is -0.965. The fourth-order valence-electron chi connectivity index (χ4n) is 2.08. The Balaban J connectivity index is 2.57. The molecule has 5 heteroatoms. The highest BCUT2D eigenvalue weighted by atomic mass is 16.4. The zero-order valence-corrected chi connectivity index (χ0v) is 11.3. The lowest BCUT2D eigenvalue weighted by Crippen LogP contribution is -2.02. The van der Waals surface area contributed by atoms with E-state index in [0.717, 1.165) is 40.6 Å². The lowest BCUT2D eigenvalue weighted by Gasteiger charge is -2.07. The predicted octanol–water partition coefficient (Wildman–Crippen LogP) is 2.56. The Bertz CT molecular complexity index is 641. The fraction of sp³-hybridized carbons (Fsp3) is 0.357. The van der Waals surface area contributed by atoms with Crippen molar-refractivity contribution in [1.29, 1.82) is 0 Å². The van der Waals surface area contributed by atoms with Crippen LogP contribution in [0.2, 0.25) is 0 Å². The van der Waals surface area contributed by atoms with Crippen LogP contribution < -0.4 is 0 Å². The van der Waals surface area contributed by atoms with Crippen molar-refractivity contribution in [1.82, 2.24) is 15.0 Å². The molecular weight excluding hydrogens is 242 g/mol.